The number of pyridine rings is 1. The van der Waals surface area contributed by atoms with E-state index in [1.807, 2.05) is 6.92 Å². The Bertz CT molecular complexity index is 565. The molecule has 2 rings (SSSR count). The van der Waals surface area contributed by atoms with Gasteiger partial charge in [-0.3, -0.25) is 0 Å². The normalized spacial score (nSPS) is 10.9. The number of carbonyl (C=O) groups is 1. The van der Waals surface area contributed by atoms with E-state index < -0.39 is 6.09 Å². The largest absolute Gasteiger partial charge is 0.464 e. The van der Waals surface area contributed by atoms with Crippen LogP contribution >= 0.6 is 34.2 Å². The Labute approximate surface area is 104 Å². The molecule has 0 aliphatic carbocycles. The predicted molar refractivity (Wildman–Crippen MR) is 65.6 cm³/mol. The van der Waals surface area contributed by atoms with Gasteiger partial charge in [-0.05, 0) is 35.1 Å². The zero-order valence-electron chi connectivity index (χ0n) is 7.66. The van der Waals surface area contributed by atoms with Gasteiger partial charge in [0.2, 0.25) is 0 Å². The summed E-state index contributed by atoms with van der Waals surface area (Å²) in [5.74, 6) is 0. The third-order valence-corrected chi connectivity index (χ3v) is 3.22. The van der Waals surface area contributed by atoms with Crippen molar-refractivity contribution in [3.8, 4) is 0 Å². The fraction of sp³-hybridized carbons (Fsp3) is 0.111. The maximum Gasteiger partial charge on any atom is 0.416 e. The van der Waals surface area contributed by atoms with Crippen LogP contribution in [0.3, 0.4) is 0 Å². The molecule has 6 heteroatoms. The molecule has 2 heterocycles. The monoisotopic (exact) mass is 336 g/mol. The van der Waals surface area contributed by atoms with Gasteiger partial charge in [0.15, 0.2) is 5.15 Å². The van der Waals surface area contributed by atoms with Crippen LogP contribution in [0, 0.1) is 10.5 Å². The van der Waals surface area contributed by atoms with E-state index in [0.717, 1.165) is 19.1 Å². The van der Waals surface area contributed by atoms with E-state index in [4.69, 9.17) is 16.7 Å². The van der Waals surface area contributed by atoms with Crippen molar-refractivity contribution in [2.24, 2.45) is 0 Å². The van der Waals surface area contributed by atoms with Crippen molar-refractivity contribution >= 4 is 51.2 Å². The SMILES string of the molecule is Cc1cn(C(=O)O)c2c(Cl)ncc(I)c12. The molecule has 0 aromatic carbocycles. The van der Waals surface area contributed by atoms with Crippen molar-refractivity contribution in [2.45, 2.75) is 6.92 Å². The molecule has 0 fully saturated rings. The molecule has 2 aromatic heterocycles. The molecule has 4 nitrogen and oxygen atoms in total. The van der Waals surface area contributed by atoms with Crippen molar-refractivity contribution in [3.63, 3.8) is 0 Å². The van der Waals surface area contributed by atoms with Gasteiger partial charge in [-0.2, -0.15) is 0 Å². The highest BCUT2D eigenvalue weighted by Crippen LogP contribution is 2.29. The Kier molecular flexibility index (Phi) is 2.59. The number of aromatic nitrogens is 2. The molecule has 15 heavy (non-hydrogen) atoms. The van der Waals surface area contributed by atoms with Crippen LogP contribution in [-0.2, 0) is 0 Å². The Balaban J connectivity index is 2.98. The minimum absolute atomic E-state index is 0.209. The summed E-state index contributed by atoms with van der Waals surface area (Å²) in [7, 11) is 0. The molecule has 78 valence electrons. The molecule has 0 aliphatic heterocycles. The number of nitrogens with zero attached hydrogens (tertiary/aromatic N) is 2. The summed E-state index contributed by atoms with van der Waals surface area (Å²) in [6.07, 6.45) is 2.12. The summed E-state index contributed by atoms with van der Waals surface area (Å²) in [5.41, 5.74) is 1.33. The fourth-order valence-electron chi connectivity index (χ4n) is 1.52. The van der Waals surface area contributed by atoms with Gasteiger partial charge in [0.25, 0.3) is 0 Å². The van der Waals surface area contributed by atoms with Crippen molar-refractivity contribution < 1.29 is 9.90 Å². The number of halogens is 2. The molecular formula is C9H6ClIN2O2. The van der Waals surface area contributed by atoms with E-state index in [-0.39, 0.29) is 5.15 Å². The van der Waals surface area contributed by atoms with Gasteiger partial charge < -0.3 is 5.11 Å². The van der Waals surface area contributed by atoms with E-state index in [1.165, 1.54) is 0 Å². The zero-order valence-corrected chi connectivity index (χ0v) is 10.6. The van der Waals surface area contributed by atoms with Crippen molar-refractivity contribution in [3.05, 3.63) is 26.7 Å². The smallest absolute Gasteiger partial charge is 0.416 e. The van der Waals surface area contributed by atoms with E-state index >= 15 is 0 Å². The van der Waals surface area contributed by atoms with Gasteiger partial charge in [0.05, 0.1) is 5.52 Å². The van der Waals surface area contributed by atoms with Gasteiger partial charge in [-0.1, -0.05) is 11.6 Å². The zero-order chi connectivity index (χ0) is 11.2. The first kappa shape index (κ1) is 10.7. The van der Waals surface area contributed by atoms with E-state index in [1.54, 1.807) is 12.4 Å². The number of fused-ring (bicyclic) bond motifs is 1. The molecule has 0 amide bonds. The molecule has 0 unspecified atom stereocenters. The van der Waals surface area contributed by atoms with Gasteiger partial charge in [0, 0.05) is 21.4 Å². The third kappa shape index (κ3) is 1.59. The average Bonchev–Trinajstić information content (AvgIpc) is 2.51. The standard InChI is InChI=1S/C9H6ClIN2O2/c1-4-3-13(9(14)15)7-6(4)5(11)2-12-8(7)10/h2-3H,1H3,(H,14,15). The van der Waals surface area contributed by atoms with Crippen LogP contribution in [0.4, 0.5) is 4.79 Å². The first-order valence-corrected chi connectivity index (χ1v) is 5.53. The molecule has 0 saturated carbocycles. The van der Waals surface area contributed by atoms with Crippen LogP contribution in [0.2, 0.25) is 5.15 Å². The lowest BCUT2D eigenvalue weighted by atomic mass is 10.2. The van der Waals surface area contributed by atoms with Gasteiger partial charge >= 0.3 is 6.09 Å². The van der Waals surface area contributed by atoms with Gasteiger partial charge in [-0.25, -0.2) is 14.3 Å². The first-order chi connectivity index (χ1) is 7.02. The van der Waals surface area contributed by atoms with Crippen molar-refractivity contribution in [1.82, 2.24) is 9.55 Å². The molecule has 0 aliphatic rings. The maximum absolute atomic E-state index is 11.0. The lowest BCUT2D eigenvalue weighted by molar-refractivity contribution is 0.197. The van der Waals surface area contributed by atoms with E-state index in [0.29, 0.717) is 5.52 Å². The second kappa shape index (κ2) is 3.64. The number of aryl methyl sites for hydroxylation is 1. The predicted octanol–water partition coefficient (Wildman–Crippen LogP) is 3.13. The Hall–Kier alpha value is -0.820. The van der Waals surface area contributed by atoms with Crippen LogP contribution in [0.1, 0.15) is 5.56 Å². The summed E-state index contributed by atoms with van der Waals surface area (Å²) in [4.78, 5) is 14.9. The van der Waals surface area contributed by atoms with E-state index in [2.05, 4.69) is 27.6 Å². The highest BCUT2D eigenvalue weighted by molar-refractivity contribution is 14.1. The first-order valence-electron chi connectivity index (χ1n) is 4.07. The molecule has 0 saturated heterocycles. The minimum atomic E-state index is -1.06. The summed E-state index contributed by atoms with van der Waals surface area (Å²) >= 11 is 8.00. The summed E-state index contributed by atoms with van der Waals surface area (Å²) < 4.78 is 1.99. The summed E-state index contributed by atoms with van der Waals surface area (Å²) in [5, 5.41) is 10.0. The fourth-order valence-corrected chi connectivity index (χ4v) is 2.58. The highest BCUT2D eigenvalue weighted by Gasteiger charge is 2.16. The summed E-state index contributed by atoms with van der Waals surface area (Å²) in [6.45, 7) is 1.85. The molecular weight excluding hydrogens is 330 g/mol. The van der Waals surface area contributed by atoms with Gasteiger partial charge in [-0.15, -0.1) is 0 Å². The van der Waals surface area contributed by atoms with Crippen molar-refractivity contribution in [2.75, 3.05) is 0 Å². The molecule has 0 spiro atoms. The maximum atomic E-state index is 11.0. The summed E-state index contributed by atoms with van der Waals surface area (Å²) in [6, 6.07) is 0. The molecule has 0 bridgehead atoms. The molecule has 2 aromatic rings. The second-order valence-electron chi connectivity index (χ2n) is 3.09. The lowest BCUT2D eigenvalue weighted by Crippen LogP contribution is -2.06. The minimum Gasteiger partial charge on any atom is -0.464 e. The average molecular weight is 337 g/mol. The Morgan fingerprint density at radius 3 is 2.93 bits per heavy atom. The lowest BCUT2D eigenvalue weighted by Gasteiger charge is -2.00. The van der Waals surface area contributed by atoms with Crippen LogP contribution in [-0.4, -0.2) is 20.8 Å². The van der Waals surface area contributed by atoms with E-state index in [9.17, 15) is 4.79 Å². The number of hydrogen-bond donors (Lipinski definition) is 1. The Morgan fingerprint density at radius 1 is 1.67 bits per heavy atom. The molecule has 0 atom stereocenters. The van der Waals surface area contributed by atoms with Gasteiger partial charge in [0.1, 0.15) is 0 Å². The highest BCUT2D eigenvalue weighted by atomic mass is 127. The third-order valence-electron chi connectivity index (χ3n) is 2.13. The van der Waals surface area contributed by atoms with Crippen molar-refractivity contribution in [1.29, 1.82) is 0 Å². The van der Waals surface area contributed by atoms with Crippen LogP contribution in [0.5, 0.6) is 0 Å². The number of rotatable bonds is 0. The number of hydrogen-bond acceptors (Lipinski definition) is 2. The molecule has 1 N–H and O–H groups in total. The van der Waals surface area contributed by atoms with Crippen LogP contribution in [0.25, 0.3) is 10.9 Å². The Morgan fingerprint density at radius 2 is 2.33 bits per heavy atom. The topological polar surface area (TPSA) is 55.1 Å². The van der Waals surface area contributed by atoms with Crippen LogP contribution in [0.15, 0.2) is 12.4 Å². The second-order valence-corrected chi connectivity index (χ2v) is 4.61. The van der Waals surface area contributed by atoms with Crippen LogP contribution < -0.4 is 0 Å². The quantitative estimate of drug-likeness (QED) is 0.594. The molecule has 0 radical (unpaired) electrons. The number of carboxylic acid groups (broad SMARTS) is 1.